The second-order valence-electron chi connectivity index (χ2n) is 4.31. The SMILES string of the molecule is NCCc1ccc(C(=O)Nc2ccc(F)cc2Br)cc1. The van der Waals surface area contributed by atoms with E-state index in [4.69, 9.17) is 5.73 Å². The summed E-state index contributed by atoms with van der Waals surface area (Å²) in [6.45, 7) is 0.577. The molecule has 0 saturated carbocycles. The number of hydrogen-bond acceptors (Lipinski definition) is 2. The van der Waals surface area contributed by atoms with Gasteiger partial charge in [-0.25, -0.2) is 4.39 Å². The number of nitrogens with two attached hydrogens (primary N) is 1. The molecule has 104 valence electrons. The van der Waals surface area contributed by atoms with Gasteiger partial charge in [-0.05, 0) is 64.8 Å². The summed E-state index contributed by atoms with van der Waals surface area (Å²) in [4.78, 5) is 12.1. The van der Waals surface area contributed by atoms with E-state index in [1.165, 1.54) is 18.2 Å². The van der Waals surface area contributed by atoms with Crippen LogP contribution >= 0.6 is 15.9 Å². The summed E-state index contributed by atoms with van der Waals surface area (Å²) in [7, 11) is 0. The standard InChI is InChI=1S/C15H14BrFN2O/c16-13-9-12(17)5-6-14(13)19-15(20)11-3-1-10(2-4-11)7-8-18/h1-6,9H,7-8,18H2,(H,19,20). The first-order valence-corrected chi connectivity index (χ1v) is 6.95. The topological polar surface area (TPSA) is 55.1 Å². The zero-order chi connectivity index (χ0) is 14.5. The lowest BCUT2D eigenvalue weighted by Gasteiger charge is -2.08. The van der Waals surface area contributed by atoms with Crippen molar-refractivity contribution in [3.05, 3.63) is 63.9 Å². The molecule has 0 spiro atoms. The molecular weight excluding hydrogens is 323 g/mol. The lowest BCUT2D eigenvalue weighted by molar-refractivity contribution is 0.102. The molecule has 0 aromatic heterocycles. The first-order chi connectivity index (χ1) is 9.60. The van der Waals surface area contributed by atoms with Crippen LogP contribution in [0.4, 0.5) is 10.1 Å². The molecule has 0 unspecified atom stereocenters. The quantitative estimate of drug-likeness (QED) is 0.899. The fourth-order valence-electron chi connectivity index (χ4n) is 1.77. The highest BCUT2D eigenvalue weighted by Crippen LogP contribution is 2.23. The molecule has 5 heteroatoms. The number of anilines is 1. The highest BCUT2D eigenvalue weighted by atomic mass is 79.9. The van der Waals surface area contributed by atoms with Crippen molar-refractivity contribution in [3.63, 3.8) is 0 Å². The van der Waals surface area contributed by atoms with E-state index in [1.807, 2.05) is 12.1 Å². The van der Waals surface area contributed by atoms with E-state index in [9.17, 15) is 9.18 Å². The van der Waals surface area contributed by atoms with Crippen LogP contribution in [0.25, 0.3) is 0 Å². The number of carbonyl (C=O) groups excluding carboxylic acids is 1. The van der Waals surface area contributed by atoms with Crippen LogP contribution < -0.4 is 11.1 Å². The fraction of sp³-hybridized carbons (Fsp3) is 0.133. The molecule has 1 amide bonds. The van der Waals surface area contributed by atoms with Crippen molar-refractivity contribution in [2.75, 3.05) is 11.9 Å². The van der Waals surface area contributed by atoms with Gasteiger partial charge in [-0.15, -0.1) is 0 Å². The van der Waals surface area contributed by atoms with Crippen molar-refractivity contribution in [3.8, 4) is 0 Å². The average molecular weight is 337 g/mol. The van der Waals surface area contributed by atoms with Gasteiger partial charge in [0.25, 0.3) is 5.91 Å². The van der Waals surface area contributed by atoms with Crippen LogP contribution in [0.2, 0.25) is 0 Å². The van der Waals surface area contributed by atoms with Crippen molar-refractivity contribution in [1.82, 2.24) is 0 Å². The molecule has 0 radical (unpaired) electrons. The van der Waals surface area contributed by atoms with Gasteiger partial charge in [0.2, 0.25) is 0 Å². The molecule has 0 heterocycles. The molecule has 2 rings (SSSR count). The van der Waals surface area contributed by atoms with E-state index < -0.39 is 0 Å². The third-order valence-electron chi connectivity index (χ3n) is 2.83. The van der Waals surface area contributed by atoms with Crippen LogP contribution in [0.3, 0.4) is 0 Å². The number of carbonyl (C=O) groups is 1. The molecule has 20 heavy (non-hydrogen) atoms. The number of benzene rings is 2. The first kappa shape index (κ1) is 14.7. The normalized spacial score (nSPS) is 10.3. The molecule has 2 aromatic carbocycles. The van der Waals surface area contributed by atoms with Crippen molar-refractivity contribution in [1.29, 1.82) is 0 Å². The van der Waals surface area contributed by atoms with Gasteiger partial charge >= 0.3 is 0 Å². The van der Waals surface area contributed by atoms with Crippen LogP contribution in [-0.4, -0.2) is 12.5 Å². The summed E-state index contributed by atoms with van der Waals surface area (Å²) in [6.07, 6.45) is 0.783. The molecule has 0 aliphatic heterocycles. The Morgan fingerprint density at radius 3 is 2.50 bits per heavy atom. The molecule has 0 fully saturated rings. The molecule has 0 aliphatic carbocycles. The maximum Gasteiger partial charge on any atom is 0.255 e. The Kier molecular flexibility index (Phi) is 4.87. The van der Waals surface area contributed by atoms with Gasteiger partial charge in [0.15, 0.2) is 0 Å². The molecule has 0 bridgehead atoms. The van der Waals surface area contributed by atoms with E-state index in [1.54, 1.807) is 12.1 Å². The Morgan fingerprint density at radius 2 is 1.90 bits per heavy atom. The zero-order valence-corrected chi connectivity index (χ0v) is 12.3. The monoisotopic (exact) mass is 336 g/mol. The zero-order valence-electron chi connectivity index (χ0n) is 10.7. The van der Waals surface area contributed by atoms with Crippen molar-refractivity contribution in [2.24, 2.45) is 5.73 Å². The van der Waals surface area contributed by atoms with Gasteiger partial charge in [0, 0.05) is 10.0 Å². The van der Waals surface area contributed by atoms with Crippen LogP contribution in [0.1, 0.15) is 15.9 Å². The summed E-state index contributed by atoms with van der Waals surface area (Å²) in [5.41, 5.74) is 7.64. The molecule has 0 saturated heterocycles. The van der Waals surface area contributed by atoms with E-state index in [0.29, 0.717) is 22.3 Å². The minimum absolute atomic E-state index is 0.239. The molecule has 3 nitrogen and oxygen atoms in total. The minimum atomic E-state index is -0.360. The highest BCUT2D eigenvalue weighted by Gasteiger charge is 2.08. The van der Waals surface area contributed by atoms with Crippen molar-refractivity contribution in [2.45, 2.75) is 6.42 Å². The lowest BCUT2D eigenvalue weighted by atomic mass is 10.1. The van der Waals surface area contributed by atoms with Crippen molar-refractivity contribution >= 4 is 27.5 Å². The minimum Gasteiger partial charge on any atom is -0.330 e. The highest BCUT2D eigenvalue weighted by molar-refractivity contribution is 9.10. The number of nitrogens with one attached hydrogen (secondary N) is 1. The predicted octanol–water partition coefficient (Wildman–Crippen LogP) is 3.34. The number of halogens is 2. The smallest absolute Gasteiger partial charge is 0.255 e. The van der Waals surface area contributed by atoms with Gasteiger partial charge in [-0.1, -0.05) is 12.1 Å². The van der Waals surface area contributed by atoms with Crippen LogP contribution in [0.5, 0.6) is 0 Å². The van der Waals surface area contributed by atoms with Gasteiger partial charge < -0.3 is 11.1 Å². The lowest BCUT2D eigenvalue weighted by Crippen LogP contribution is -2.12. The largest absolute Gasteiger partial charge is 0.330 e. The second-order valence-corrected chi connectivity index (χ2v) is 5.17. The van der Waals surface area contributed by atoms with Crippen molar-refractivity contribution < 1.29 is 9.18 Å². The summed E-state index contributed by atoms with van der Waals surface area (Å²) < 4.78 is 13.5. The van der Waals surface area contributed by atoms with E-state index in [0.717, 1.165) is 12.0 Å². The third-order valence-corrected chi connectivity index (χ3v) is 3.48. The van der Waals surface area contributed by atoms with E-state index in [2.05, 4.69) is 21.2 Å². The number of hydrogen-bond donors (Lipinski definition) is 2. The molecule has 0 aliphatic rings. The fourth-order valence-corrected chi connectivity index (χ4v) is 2.22. The summed E-state index contributed by atoms with van der Waals surface area (Å²) in [6, 6.07) is 11.4. The molecule has 0 atom stereocenters. The Bertz CT molecular complexity index is 614. The van der Waals surface area contributed by atoms with E-state index in [-0.39, 0.29) is 11.7 Å². The van der Waals surface area contributed by atoms with Gasteiger partial charge in [-0.3, -0.25) is 4.79 Å². The molecular formula is C15H14BrFN2O. The maximum absolute atomic E-state index is 13.0. The van der Waals surface area contributed by atoms with Crippen LogP contribution in [0, 0.1) is 5.82 Å². The molecule has 2 aromatic rings. The third kappa shape index (κ3) is 3.65. The number of rotatable bonds is 4. The van der Waals surface area contributed by atoms with Crippen LogP contribution in [0.15, 0.2) is 46.9 Å². The Balaban J connectivity index is 2.11. The average Bonchev–Trinajstić information content (AvgIpc) is 2.43. The van der Waals surface area contributed by atoms with Crippen LogP contribution in [-0.2, 0) is 6.42 Å². The van der Waals surface area contributed by atoms with Gasteiger partial charge in [-0.2, -0.15) is 0 Å². The Labute approximate surface area is 125 Å². The summed E-state index contributed by atoms with van der Waals surface area (Å²) >= 11 is 3.21. The Hall–Kier alpha value is -1.72. The van der Waals surface area contributed by atoms with Gasteiger partial charge in [0.05, 0.1) is 5.69 Å². The predicted molar refractivity (Wildman–Crippen MR) is 81.3 cm³/mol. The first-order valence-electron chi connectivity index (χ1n) is 6.15. The molecule has 3 N–H and O–H groups in total. The number of amides is 1. The Morgan fingerprint density at radius 1 is 1.20 bits per heavy atom. The summed E-state index contributed by atoms with van der Waals surface area (Å²) in [5.74, 6) is -0.599. The van der Waals surface area contributed by atoms with E-state index >= 15 is 0 Å². The summed E-state index contributed by atoms with van der Waals surface area (Å²) in [5, 5.41) is 2.73. The second kappa shape index (κ2) is 6.63. The maximum atomic E-state index is 13.0. The van der Waals surface area contributed by atoms with Gasteiger partial charge in [0.1, 0.15) is 5.82 Å².